The maximum atomic E-state index is 11.9. The molecule has 0 aliphatic rings. The highest BCUT2D eigenvalue weighted by atomic mass is 16.5. The normalized spacial score (nSPS) is 13.3. The number of carbonyl (C=O) groups excluding carboxylic acids is 1. The van der Waals surface area contributed by atoms with Crippen LogP contribution in [0.2, 0.25) is 0 Å². The minimum atomic E-state index is -1.96. The Morgan fingerprint density at radius 1 is 1.00 bits per heavy atom. The highest BCUT2D eigenvalue weighted by Gasteiger charge is 2.38. The van der Waals surface area contributed by atoms with Crippen molar-refractivity contribution in [1.82, 2.24) is 0 Å². The van der Waals surface area contributed by atoms with E-state index in [-0.39, 0.29) is 5.56 Å². The van der Waals surface area contributed by atoms with Crippen LogP contribution in [0, 0.1) is 0 Å². The van der Waals surface area contributed by atoms with Crippen LogP contribution in [0.5, 0.6) is 11.5 Å². The lowest BCUT2D eigenvalue weighted by atomic mass is 9.85. The van der Waals surface area contributed by atoms with E-state index in [1.54, 1.807) is 48.5 Å². The first-order valence-corrected chi connectivity index (χ1v) is 6.33. The number of carbonyl (C=O) groups is 1. The van der Waals surface area contributed by atoms with Gasteiger partial charge in [-0.3, -0.25) is 4.79 Å². The number of nitrogens with two attached hydrogens (primary N) is 1. The summed E-state index contributed by atoms with van der Waals surface area (Å²) in [5.74, 6) is 0.0453. The van der Waals surface area contributed by atoms with Crippen LogP contribution in [0.4, 0.5) is 0 Å². The fraction of sp³-hybridized carbons (Fsp3) is 0.188. The van der Waals surface area contributed by atoms with Crippen molar-refractivity contribution in [3.05, 3.63) is 59.7 Å². The van der Waals surface area contributed by atoms with E-state index in [9.17, 15) is 9.90 Å². The molecule has 2 aromatic carbocycles. The maximum Gasteiger partial charge on any atom is 0.258 e. The molecular weight excluding hydrogens is 270 g/mol. The zero-order valence-corrected chi connectivity index (χ0v) is 11.9. The third-order valence-electron chi connectivity index (χ3n) is 3.32. The smallest absolute Gasteiger partial charge is 0.258 e. The molecular formula is C16H17NO4. The van der Waals surface area contributed by atoms with Crippen LogP contribution < -0.4 is 15.2 Å². The summed E-state index contributed by atoms with van der Waals surface area (Å²) in [6.45, 7) is 0. The van der Waals surface area contributed by atoms with Gasteiger partial charge in [-0.2, -0.15) is 0 Å². The van der Waals surface area contributed by atoms with Gasteiger partial charge in [0.15, 0.2) is 5.60 Å². The monoisotopic (exact) mass is 287 g/mol. The zero-order chi connectivity index (χ0) is 15.5. The predicted octanol–water partition coefficient (Wildman–Crippen LogP) is 1.43. The topological polar surface area (TPSA) is 81.8 Å². The summed E-state index contributed by atoms with van der Waals surface area (Å²) in [5, 5.41) is 10.9. The largest absolute Gasteiger partial charge is 0.497 e. The molecule has 1 atom stereocenters. The predicted molar refractivity (Wildman–Crippen MR) is 78.2 cm³/mol. The van der Waals surface area contributed by atoms with Gasteiger partial charge in [0, 0.05) is 11.6 Å². The number of amides is 1. The Kier molecular flexibility index (Phi) is 4.14. The number of ether oxygens (including phenoxy) is 2. The lowest BCUT2D eigenvalue weighted by Gasteiger charge is -2.26. The standard InChI is InChI=1S/C16H17NO4/c1-20-13-8-12(9-14(10-13)21-2)16(19,15(17)18)11-6-4-3-5-7-11/h3-10,19H,1-2H3,(H2,17,18). The van der Waals surface area contributed by atoms with Crippen LogP contribution in [-0.2, 0) is 10.4 Å². The van der Waals surface area contributed by atoms with E-state index < -0.39 is 11.5 Å². The molecule has 0 aliphatic carbocycles. The number of aliphatic hydroxyl groups is 1. The number of hydrogen-bond acceptors (Lipinski definition) is 4. The average Bonchev–Trinajstić information content (AvgIpc) is 2.54. The Labute approximate surface area is 122 Å². The number of primary amides is 1. The number of methoxy groups -OCH3 is 2. The maximum absolute atomic E-state index is 11.9. The quantitative estimate of drug-likeness (QED) is 0.871. The summed E-state index contributed by atoms with van der Waals surface area (Å²) in [4.78, 5) is 11.9. The summed E-state index contributed by atoms with van der Waals surface area (Å²) in [6, 6.07) is 13.3. The van der Waals surface area contributed by atoms with E-state index in [0.717, 1.165) is 0 Å². The third kappa shape index (κ3) is 2.68. The molecule has 5 heteroatoms. The molecule has 0 saturated carbocycles. The van der Waals surface area contributed by atoms with E-state index in [2.05, 4.69) is 0 Å². The molecule has 0 radical (unpaired) electrons. The van der Waals surface area contributed by atoms with Crippen LogP contribution >= 0.6 is 0 Å². The molecule has 0 aliphatic heterocycles. The molecule has 1 amide bonds. The molecule has 0 aromatic heterocycles. The Balaban J connectivity index is 2.66. The molecule has 5 nitrogen and oxygen atoms in total. The molecule has 2 aromatic rings. The highest BCUT2D eigenvalue weighted by molar-refractivity contribution is 5.88. The molecule has 110 valence electrons. The second-order valence-corrected chi connectivity index (χ2v) is 4.54. The van der Waals surface area contributed by atoms with Gasteiger partial charge in [-0.15, -0.1) is 0 Å². The first kappa shape index (κ1) is 14.9. The second kappa shape index (κ2) is 5.85. The molecule has 0 spiro atoms. The minimum Gasteiger partial charge on any atom is -0.497 e. The summed E-state index contributed by atoms with van der Waals surface area (Å²) in [5.41, 5.74) is 4.16. The molecule has 0 saturated heterocycles. The summed E-state index contributed by atoms with van der Waals surface area (Å²) in [7, 11) is 2.98. The number of benzene rings is 2. The van der Waals surface area contributed by atoms with E-state index in [0.29, 0.717) is 17.1 Å². The lowest BCUT2D eigenvalue weighted by molar-refractivity contribution is -0.133. The van der Waals surface area contributed by atoms with Gasteiger partial charge in [-0.1, -0.05) is 30.3 Å². The van der Waals surface area contributed by atoms with Crippen molar-refractivity contribution < 1.29 is 19.4 Å². The first-order valence-electron chi connectivity index (χ1n) is 6.33. The molecule has 1 unspecified atom stereocenters. The summed E-state index contributed by atoms with van der Waals surface area (Å²) >= 11 is 0. The summed E-state index contributed by atoms with van der Waals surface area (Å²) in [6.07, 6.45) is 0. The van der Waals surface area contributed by atoms with Crippen LogP contribution in [0.1, 0.15) is 11.1 Å². The van der Waals surface area contributed by atoms with Crippen molar-refractivity contribution in [2.45, 2.75) is 5.60 Å². The molecule has 21 heavy (non-hydrogen) atoms. The van der Waals surface area contributed by atoms with Crippen molar-refractivity contribution in [3.63, 3.8) is 0 Å². The highest BCUT2D eigenvalue weighted by Crippen LogP contribution is 2.34. The fourth-order valence-electron chi connectivity index (χ4n) is 2.15. The van der Waals surface area contributed by atoms with Gasteiger partial charge in [0.2, 0.25) is 0 Å². The molecule has 2 rings (SSSR count). The van der Waals surface area contributed by atoms with Crippen LogP contribution in [-0.4, -0.2) is 25.2 Å². The second-order valence-electron chi connectivity index (χ2n) is 4.54. The Morgan fingerprint density at radius 3 is 1.95 bits per heavy atom. The van der Waals surface area contributed by atoms with Crippen molar-refractivity contribution >= 4 is 5.91 Å². The third-order valence-corrected chi connectivity index (χ3v) is 3.32. The number of rotatable bonds is 5. The van der Waals surface area contributed by atoms with Gasteiger partial charge in [0.25, 0.3) is 5.91 Å². The van der Waals surface area contributed by atoms with Crippen molar-refractivity contribution in [2.24, 2.45) is 5.73 Å². The molecule has 0 fully saturated rings. The SMILES string of the molecule is COc1cc(OC)cc(C(O)(C(N)=O)c2ccccc2)c1. The van der Waals surface area contributed by atoms with Crippen LogP contribution in [0.3, 0.4) is 0 Å². The van der Waals surface area contributed by atoms with E-state index in [4.69, 9.17) is 15.2 Å². The van der Waals surface area contributed by atoms with Gasteiger partial charge in [0.1, 0.15) is 11.5 Å². The van der Waals surface area contributed by atoms with Crippen LogP contribution in [0.15, 0.2) is 48.5 Å². The van der Waals surface area contributed by atoms with Gasteiger partial charge in [-0.05, 0) is 17.7 Å². The molecule has 0 bridgehead atoms. The van der Waals surface area contributed by atoms with Crippen LogP contribution in [0.25, 0.3) is 0 Å². The van der Waals surface area contributed by atoms with Crippen molar-refractivity contribution in [1.29, 1.82) is 0 Å². The number of hydrogen-bond donors (Lipinski definition) is 2. The Morgan fingerprint density at radius 2 is 1.52 bits per heavy atom. The average molecular weight is 287 g/mol. The van der Waals surface area contributed by atoms with E-state index >= 15 is 0 Å². The Bertz CT molecular complexity index is 620. The van der Waals surface area contributed by atoms with Crippen molar-refractivity contribution in [3.8, 4) is 11.5 Å². The van der Waals surface area contributed by atoms with Gasteiger partial charge >= 0.3 is 0 Å². The zero-order valence-electron chi connectivity index (χ0n) is 11.9. The van der Waals surface area contributed by atoms with Gasteiger partial charge in [-0.25, -0.2) is 0 Å². The van der Waals surface area contributed by atoms with Gasteiger partial charge < -0.3 is 20.3 Å². The fourth-order valence-corrected chi connectivity index (χ4v) is 2.15. The minimum absolute atomic E-state index is 0.289. The first-order chi connectivity index (χ1) is 10.0. The van der Waals surface area contributed by atoms with Crippen molar-refractivity contribution in [2.75, 3.05) is 14.2 Å². The Hall–Kier alpha value is -2.53. The molecule has 3 N–H and O–H groups in total. The molecule has 0 heterocycles. The summed E-state index contributed by atoms with van der Waals surface area (Å²) < 4.78 is 10.3. The lowest BCUT2D eigenvalue weighted by Crippen LogP contribution is -2.42. The van der Waals surface area contributed by atoms with E-state index in [1.165, 1.54) is 14.2 Å². The van der Waals surface area contributed by atoms with Gasteiger partial charge in [0.05, 0.1) is 14.2 Å². The van der Waals surface area contributed by atoms with E-state index in [1.807, 2.05) is 0 Å².